The third kappa shape index (κ3) is 4.54. The minimum atomic E-state index is -4.20. The predicted octanol–water partition coefficient (Wildman–Crippen LogP) is 2.74. The van der Waals surface area contributed by atoms with Gasteiger partial charge in [0.1, 0.15) is 16.4 Å². The van der Waals surface area contributed by atoms with Crippen molar-refractivity contribution in [3.8, 4) is 0 Å². The number of β-amino-alcohol motifs (C(OH)–C–C–N with tert-alkyl or cyclic N) is 1. The van der Waals surface area contributed by atoms with Gasteiger partial charge in [-0.15, -0.1) is 0 Å². The summed E-state index contributed by atoms with van der Waals surface area (Å²) in [7, 11) is -8.04. The standard InChI is InChI=1S/C21H23ClF2N2O5S2/c22-14-1-4-18(5-2-14)32(28,29)21(19-11-15(23)3-6-20(19)24)9-7-16(8-10-21)25-33(30,31)26-12-17(27)13-26/h1-6,11,16-17,25,27H,7-10,12-13H2. The average Bonchev–Trinajstić information content (AvgIpc) is 2.74. The van der Waals surface area contributed by atoms with Gasteiger partial charge in [0.05, 0.1) is 11.0 Å². The fourth-order valence-electron chi connectivity index (χ4n) is 4.47. The molecule has 0 aromatic heterocycles. The monoisotopic (exact) mass is 520 g/mol. The first-order chi connectivity index (χ1) is 15.4. The topological polar surface area (TPSA) is 104 Å². The van der Waals surface area contributed by atoms with Crippen LogP contribution in [0.15, 0.2) is 47.4 Å². The summed E-state index contributed by atoms with van der Waals surface area (Å²) in [5, 5.41) is 9.70. The lowest BCUT2D eigenvalue weighted by Crippen LogP contribution is -2.58. The van der Waals surface area contributed by atoms with Gasteiger partial charge in [0, 0.05) is 29.7 Å². The second-order valence-electron chi connectivity index (χ2n) is 8.44. The van der Waals surface area contributed by atoms with E-state index in [1.165, 1.54) is 24.3 Å². The molecule has 4 rings (SSSR count). The van der Waals surface area contributed by atoms with Crippen molar-refractivity contribution in [1.82, 2.24) is 9.03 Å². The number of aliphatic hydroxyl groups is 1. The van der Waals surface area contributed by atoms with Crippen LogP contribution in [0.5, 0.6) is 0 Å². The zero-order valence-corrected chi connectivity index (χ0v) is 19.8. The fraction of sp³-hybridized carbons (Fsp3) is 0.429. The first-order valence-electron chi connectivity index (χ1n) is 10.4. The minimum Gasteiger partial charge on any atom is -0.390 e. The molecule has 0 unspecified atom stereocenters. The quantitative estimate of drug-likeness (QED) is 0.609. The van der Waals surface area contributed by atoms with Gasteiger partial charge < -0.3 is 5.11 Å². The normalized spacial score (nSPS) is 25.0. The largest absolute Gasteiger partial charge is 0.390 e. The van der Waals surface area contributed by atoms with Crippen molar-refractivity contribution >= 4 is 31.6 Å². The summed E-state index contributed by atoms with van der Waals surface area (Å²) in [5.41, 5.74) is -0.273. The van der Waals surface area contributed by atoms with Crippen LogP contribution in [0.1, 0.15) is 31.2 Å². The zero-order valence-electron chi connectivity index (χ0n) is 17.4. The molecule has 2 fully saturated rings. The summed E-state index contributed by atoms with van der Waals surface area (Å²) in [4.78, 5) is -0.0795. The summed E-state index contributed by atoms with van der Waals surface area (Å²) in [6.07, 6.45) is -0.750. The minimum absolute atomic E-state index is 0.00849. The SMILES string of the molecule is O=S(=O)(NC1CCC(c2cc(F)ccc2F)(S(=O)(=O)c2ccc(Cl)cc2)CC1)N1CC(O)C1. The molecule has 0 spiro atoms. The van der Waals surface area contributed by atoms with E-state index < -0.39 is 48.6 Å². The molecule has 1 heterocycles. The molecule has 2 aliphatic rings. The molecule has 1 saturated heterocycles. The Balaban J connectivity index is 1.67. The number of nitrogens with zero attached hydrogens (tertiary/aromatic N) is 1. The van der Waals surface area contributed by atoms with Gasteiger partial charge in [-0.1, -0.05) is 11.6 Å². The average molecular weight is 521 g/mol. The zero-order chi connectivity index (χ0) is 24.0. The molecule has 0 radical (unpaired) electrons. The van der Waals surface area contributed by atoms with Gasteiger partial charge in [0.2, 0.25) is 0 Å². The van der Waals surface area contributed by atoms with Crippen LogP contribution in [0.4, 0.5) is 8.78 Å². The highest BCUT2D eigenvalue weighted by molar-refractivity contribution is 7.92. The Labute approximate surface area is 196 Å². The number of aliphatic hydroxyl groups excluding tert-OH is 1. The van der Waals surface area contributed by atoms with E-state index in [1.54, 1.807) is 0 Å². The molecule has 1 aliphatic carbocycles. The van der Waals surface area contributed by atoms with Gasteiger partial charge in [-0.3, -0.25) is 0 Å². The van der Waals surface area contributed by atoms with Crippen molar-refractivity contribution in [2.75, 3.05) is 13.1 Å². The van der Waals surface area contributed by atoms with Crippen LogP contribution < -0.4 is 4.72 Å². The number of halogens is 3. The van der Waals surface area contributed by atoms with E-state index in [0.717, 1.165) is 22.5 Å². The molecule has 0 bridgehead atoms. The van der Waals surface area contributed by atoms with Crippen LogP contribution >= 0.6 is 11.6 Å². The molecule has 180 valence electrons. The lowest BCUT2D eigenvalue weighted by molar-refractivity contribution is 0.0535. The Hall–Kier alpha value is -1.63. The van der Waals surface area contributed by atoms with Crippen molar-refractivity contribution in [3.63, 3.8) is 0 Å². The number of hydrogen-bond acceptors (Lipinski definition) is 5. The molecule has 7 nitrogen and oxygen atoms in total. The predicted molar refractivity (Wildman–Crippen MR) is 119 cm³/mol. The van der Waals surface area contributed by atoms with E-state index in [1.807, 2.05) is 0 Å². The van der Waals surface area contributed by atoms with E-state index in [9.17, 15) is 30.7 Å². The Morgan fingerprint density at radius 1 is 1.00 bits per heavy atom. The Morgan fingerprint density at radius 3 is 2.18 bits per heavy atom. The lowest BCUT2D eigenvalue weighted by atomic mass is 9.80. The van der Waals surface area contributed by atoms with Gasteiger partial charge in [-0.25, -0.2) is 17.2 Å². The van der Waals surface area contributed by atoms with Crippen LogP contribution in [0.2, 0.25) is 5.02 Å². The number of nitrogens with one attached hydrogen (secondary N) is 1. The Kier molecular flexibility index (Phi) is 6.58. The van der Waals surface area contributed by atoms with Crippen LogP contribution in [-0.4, -0.2) is 51.5 Å². The molecule has 2 N–H and O–H groups in total. The smallest absolute Gasteiger partial charge is 0.279 e. The van der Waals surface area contributed by atoms with Gasteiger partial charge in [0.25, 0.3) is 10.2 Å². The summed E-state index contributed by atoms with van der Waals surface area (Å²) in [6, 6.07) is 7.58. The number of sulfone groups is 1. The summed E-state index contributed by atoms with van der Waals surface area (Å²) in [5.74, 6) is -1.61. The van der Waals surface area contributed by atoms with Crippen molar-refractivity contribution < 1.29 is 30.7 Å². The van der Waals surface area contributed by atoms with E-state index in [4.69, 9.17) is 11.6 Å². The highest BCUT2D eigenvalue weighted by atomic mass is 35.5. The Morgan fingerprint density at radius 2 is 1.61 bits per heavy atom. The van der Waals surface area contributed by atoms with Crippen molar-refractivity contribution in [3.05, 3.63) is 64.7 Å². The molecule has 0 amide bonds. The van der Waals surface area contributed by atoms with Crippen molar-refractivity contribution in [1.29, 1.82) is 0 Å². The van der Waals surface area contributed by atoms with E-state index >= 15 is 0 Å². The maximum Gasteiger partial charge on any atom is 0.279 e. The van der Waals surface area contributed by atoms with E-state index in [0.29, 0.717) is 5.02 Å². The van der Waals surface area contributed by atoms with Crippen LogP contribution in [0.3, 0.4) is 0 Å². The lowest BCUT2D eigenvalue weighted by Gasteiger charge is -2.41. The van der Waals surface area contributed by atoms with Crippen LogP contribution in [0, 0.1) is 11.6 Å². The third-order valence-corrected chi connectivity index (χ3v) is 10.7. The second kappa shape index (κ2) is 8.86. The Bertz CT molecular complexity index is 1240. The van der Waals surface area contributed by atoms with Crippen molar-refractivity contribution in [2.45, 2.75) is 47.5 Å². The molecule has 12 heteroatoms. The fourth-order valence-corrected chi connectivity index (χ4v) is 8.30. The summed E-state index contributed by atoms with van der Waals surface area (Å²) in [6.45, 7) is -0.0170. The molecule has 0 atom stereocenters. The molecule has 33 heavy (non-hydrogen) atoms. The van der Waals surface area contributed by atoms with Crippen LogP contribution in [0.25, 0.3) is 0 Å². The summed E-state index contributed by atoms with van der Waals surface area (Å²) < 4.78 is 83.3. The van der Waals surface area contributed by atoms with E-state index in [2.05, 4.69) is 4.72 Å². The number of hydrogen-bond donors (Lipinski definition) is 2. The molecule has 2 aromatic carbocycles. The third-order valence-electron chi connectivity index (χ3n) is 6.34. The molecule has 1 saturated carbocycles. The van der Waals surface area contributed by atoms with Crippen LogP contribution in [-0.2, 0) is 24.8 Å². The van der Waals surface area contributed by atoms with Gasteiger partial charge >= 0.3 is 0 Å². The molecule has 2 aromatic rings. The molecular formula is C21H23ClF2N2O5S2. The molecular weight excluding hydrogens is 498 g/mol. The first-order valence-corrected chi connectivity index (χ1v) is 13.7. The van der Waals surface area contributed by atoms with Gasteiger partial charge in [-0.05, 0) is 68.1 Å². The maximum absolute atomic E-state index is 14.9. The number of benzene rings is 2. The second-order valence-corrected chi connectivity index (χ2v) is 12.8. The maximum atomic E-state index is 14.9. The first kappa shape index (κ1) is 24.5. The molecule has 1 aliphatic heterocycles. The highest BCUT2D eigenvalue weighted by Crippen LogP contribution is 2.48. The summed E-state index contributed by atoms with van der Waals surface area (Å²) >= 11 is 5.89. The van der Waals surface area contributed by atoms with Gasteiger partial charge in [0.15, 0.2) is 9.84 Å². The highest BCUT2D eigenvalue weighted by Gasteiger charge is 2.50. The van der Waals surface area contributed by atoms with Gasteiger partial charge in [-0.2, -0.15) is 17.4 Å². The number of rotatable bonds is 6. The van der Waals surface area contributed by atoms with E-state index in [-0.39, 0.29) is 49.2 Å². The van der Waals surface area contributed by atoms with Crippen molar-refractivity contribution in [2.24, 2.45) is 0 Å².